The standard InChI is InChI=1S/C14H23N5O2/c1-3-16-14(21)12-6-11(15)9-19(12)13(20)5-4-10-7-17-18(2)8-10/h7-8,11-12H,3-6,9,15H2,1-2H3,(H,16,21)/t11-,12+/m1/s1. The summed E-state index contributed by atoms with van der Waals surface area (Å²) < 4.78 is 1.71. The number of carbonyl (C=O) groups excluding carboxylic acids is 2. The predicted molar refractivity (Wildman–Crippen MR) is 78.3 cm³/mol. The minimum atomic E-state index is -0.429. The van der Waals surface area contributed by atoms with E-state index in [9.17, 15) is 9.59 Å². The number of aromatic nitrogens is 2. The highest BCUT2D eigenvalue weighted by Gasteiger charge is 2.37. The van der Waals surface area contributed by atoms with Crippen molar-refractivity contribution in [2.75, 3.05) is 13.1 Å². The van der Waals surface area contributed by atoms with Crippen LogP contribution in [0.2, 0.25) is 0 Å². The molecule has 7 nitrogen and oxygen atoms in total. The van der Waals surface area contributed by atoms with Crippen LogP contribution in [-0.4, -0.2) is 51.7 Å². The molecule has 2 rings (SSSR count). The van der Waals surface area contributed by atoms with Crippen LogP contribution in [0.25, 0.3) is 0 Å². The number of nitrogens with zero attached hydrogens (tertiary/aromatic N) is 3. The molecule has 1 aliphatic rings. The van der Waals surface area contributed by atoms with Crippen LogP contribution in [0.5, 0.6) is 0 Å². The van der Waals surface area contributed by atoms with Crippen molar-refractivity contribution in [3.63, 3.8) is 0 Å². The molecule has 1 aliphatic heterocycles. The average molecular weight is 293 g/mol. The Balaban J connectivity index is 1.94. The third-order valence-corrected chi connectivity index (χ3v) is 3.69. The Hall–Kier alpha value is -1.89. The Bertz CT molecular complexity index is 513. The maximum absolute atomic E-state index is 12.4. The molecule has 7 heteroatoms. The number of nitrogens with two attached hydrogens (primary N) is 1. The van der Waals surface area contributed by atoms with Gasteiger partial charge in [0.05, 0.1) is 6.20 Å². The van der Waals surface area contributed by atoms with Crippen LogP contribution in [0.4, 0.5) is 0 Å². The van der Waals surface area contributed by atoms with Crippen molar-refractivity contribution in [3.05, 3.63) is 18.0 Å². The molecule has 0 bridgehead atoms. The fourth-order valence-electron chi connectivity index (χ4n) is 2.68. The van der Waals surface area contributed by atoms with Gasteiger partial charge in [0.25, 0.3) is 0 Å². The largest absolute Gasteiger partial charge is 0.355 e. The van der Waals surface area contributed by atoms with Gasteiger partial charge in [-0.15, -0.1) is 0 Å². The van der Waals surface area contributed by atoms with E-state index in [1.54, 1.807) is 15.8 Å². The lowest BCUT2D eigenvalue weighted by Gasteiger charge is -2.23. The van der Waals surface area contributed by atoms with Gasteiger partial charge in [-0.2, -0.15) is 5.10 Å². The predicted octanol–water partition coefficient (Wildman–Crippen LogP) is -0.583. The summed E-state index contributed by atoms with van der Waals surface area (Å²) in [5.74, 6) is -0.136. The molecule has 3 N–H and O–H groups in total. The van der Waals surface area contributed by atoms with Gasteiger partial charge in [0, 0.05) is 38.8 Å². The Morgan fingerprint density at radius 1 is 1.52 bits per heavy atom. The van der Waals surface area contributed by atoms with E-state index in [0.717, 1.165) is 5.56 Å². The van der Waals surface area contributed by atoms with Gasteiger partial charge in [0.1, 0.15) is 6.04 Å². The molecule has 1 aromatic rings. The summed E-state index contributed by atoms with van der Waals surface area (Å²) in [7, 11) is 1.84. The number of hydrogen-bond donors (Lipinski definition) is 2. The van der Waals surface area contributed by atoms with E-state index in [-0.39, 0.29) is 17.9 Å². The molecule has 1 fully saturated rings. The van der Waals surface area contributed by atoms with E-state index in [0.29, 0.717) is 32.4 Å². The van der Waals surface area contributed by atoms with Gasteiger partial charge in [0.15, 0.2) is 0 Å². The second kappa shape index (κ2) is 6.71. The van der Waals surface area contributed by atoms with Gasteiger partial charge in [-0.3, -0.25) is 14.3 Å². The lowest BCUT2D eigenvalue weighted by atomic mass is 10.1. The van der Waals surface area contributed by atoms with Crippen LogP contribution < -0.4 is 11.1 Å². The maximum Gasteiger partial charge on any atom is 0.242 e. The molecule has 2 amide bonds. The summed E-state index contributed by atoms with van der Waals surface area (Å²) >= 11 is 0. The van der Waals surface area contributed by atoms with E-state index in [4.69, 9.17) is 5.73 Å². The monoisotopic (exact) mass is 293 g/mol. The second-order valence-electron chi connectivity index (χ2n) is 5.47. The number of amides is 2. The molecular formula is C14H23N5O2. The van der Waals surface area contributed by atoms with E-state index in [1.807, 2.05) is 20.2 Å². The number of nitrogens with one attached hydrogen (secondary N) is 1. The van der Waals surface area contributed by atoms with Crippen LogP contribution >= 0.6 is 0 Å². The minimum Gasteiger partial charge on any atom is -0.355 e. The van der Waals surface area contributed by atoms with Gasteiger partial charge in [-0.25, -0.2) is 0 Å². The molecule has 0 saturated carbocycles. The fraction of sp³-hybridized carbons (Fsp3) is 0.643. The van der Waals surface area contributed by atoms with Crippen molar-refractivity contribution in [2.24, 2.45) is 12.8 Å². The van der Waals surface area contributed by atoms with Gasteiger partial charge >= 0.3 is 0 Å². The first-order chi connectivity index (χ1) is 10.0. The van der Waals surface area contributed by atoms with Gasteiger partial charge in [-0.05, 0) is 25.3 Å². The first kappa shape index (κ1) is 15.5. The fourth-order valence-corrected chi connectivity index (χ4v) is 2.68. The average Bonchev–Trinajstić information content (AvgIpc) is 3.02. The lowest BCUT2D eigenvalue weighted by Crippen LogP contribution is -2.46. The molecular weight excluding hydrogens is 270 g/mol. The van der Waals surface area contributed by atoms with Crippen LogP contribution in [0.1, 0.15) is 25.3 Å². The van der Waals surface area contributed by atoms with Crippen LogP contribution in [0.3, 0.4) is 0 Å². The number of likely N-dealkylation sites (tertiary alicyclic amines) is 1. The Kier molecular flexibility index (Phi) is 4.95. The summed E-state index contributed by atoms with van der Waals surface area (Å²) in [4.78, 5) is 26.0. The van der Waals surface area contributed by atoms with Crippen molar-refractivity contribution in [3.8, 4) is 0 Å². The molecule has 0 aromatic carbocycles. The number of likely N-dealkylation sites (N-methyl/N-ethyl adjacent to an activating group) is 1. The topological polar surface area (TPSA) is 93.2 Å². The molecule has 116 valence electrons. The molecule has 0 radical (unpaired) electrons. The van der Waals surface area contributed by atoms with Gasteiger partial charge < -0.3 is 16.0 Å². The Morgan fingerprint density at radius 2 is 2.29 bits per heavy atom. The zero-order valence-electron chi connectivity index (χ0n) is 12.6. The summed E-state index contributed by atoms with van der Waals surface area (Å²) in [6.45, 7) is 2.87. The van der Waals surface area contributed by atoms with E-state index in [1.165, 1.54) is 0 Å². The van der Waals surface area contributed by atoms with E-state index >= 15 is 0 Å². The summed E-state index contributed by atoms with van der Waals surface area (Å²) in [5.41, 5.74) is 6.93. The molecule has 0 spiro atoms. The summed E-state index contributed by atoms with van der Waals surface area (Å²) in [6, 6.07) is -0.554. The van der Waals surface area contributed by atoms with E-state index < -0.39 is 6.04 Å². The van der Waals surface area contributed by atoms with Gasteiger partial charge in [-0.1, -0.05) is 0 Å². The third-order valence-electron chi connectivity index (χ3n) is 3.69. The molecule has 0 unspecified atom stereocenters. The highest BCUT2D eigenvalue weighted by atomic mass is 16.2. The smallest absolute Gasteiger partial charge is 0.242 e. The zero-order chi connectivity index (χ0) is 15.4. The molecule has 0 aliphatic carbocycles. The summed E-state index contributed by atoms with van der Waals surface area (Å²) in [6.07, 6.45) is 5.17. The number of hydrogen-bond acceptors (Lipinski definition) is 4. The van der Waals surface area contributed by atoms with Crippen molar-refractivity contribution < 1.29 is 9.59 Å². The summed E-state index contributed by atoms with van der Waals surface area (Å²) in [5, 5.41) is 6.85. The Morgan fingerprint density at radius 3 is 2.90 bits per heavy atom. The normalized spacial score (nSPS) is 21.6. The maximum atomic E-state index is 12.4. The highest BCUT2D eigenvalue weighted by Crippen LogP contribution is 2.18. The van der Waals surface area contributed by atoms with Crippen molar-refractivity contribution in [1.82, 2.24) is 20.0 Å². The van der Waals surface area contributed by atoms with E-state index in [2.05, 4.69) is 10.4 Å². The third kappa shape index (κ3) is 3.81. The zero-order valence-corrected chi connectivity index (χ0v) is 12.6. The van der Waals surface area contributed by atoms with Crippen molar-refractivity contribution in [1.29, 1.82) is 0 Å². The molecule has 2 heterocycles. The molecule has 1 saturated heterocycles. The first-order valence-electron chi connectivity index (χ1n) is 7.31. The lowest BCUT2D eigenvalue weighted by molar-refractivity contribution is -0.138. The van der Waals surface area contributed by atoms with Crippen molar-refractivity contribution in [2.45, 2.75) is 38.3 Å². The quantitative estimate of drug-likeness (QED) is 0.759. The number of carbonyl (C=O) groups is 2. The molecule has 1 aromatic heterocycles. The SMILES string of the molecule is CCNC(=O)[C@@H]1C[C@@H](N)CN1C(=O)CCc1cnn(C)c1. The second-order valence-corrected chi connectivity index (χ2v) is 5.47. The van der Waals surface area contributed by atoms with Crippen LogP contribution in [0.15, 0.2) is 12.4 Å². The minimum absolute atomic E-state index is 0.0249. The van der Waals surface area contributed by atoms with Crippen molar-refractivity contribution >= 4 is 11.8 Å². The first-order valence-corrected chi connectivity index (χ1v) is 7.31. The highest BCUT2D eigenvalue weighted by molar-refractivity contribution is 5.88. The number of rotatable bonds is 5. The van der Waals surface area contributed by atoms with Gasteiger partial charge in [0.2, 0.25) is 11.8 Å². The molecule has 2 atom stereocenters. The Labute approximate surface area is 124 Å². The number of aryl methyl sites for hydroxylation is 2. The van der Waals surface area contributed by atoms with Crippen LogP contribution in [-0.2, 0) is 23.1 Å². The molecule has 21 heavy (non-hydrogen) atoms. The van der Waals surface area contributed by atoms with Crippen LogP contribution in [0, 0.1) is 0 Å².